The van der Waals surface area contributed by atoms with Crippen molar-refractivity contribution in [2.75, 3.05) is 13.2 Å². The highest BCUT2D eigenvalue weighted by atomic mass is 16.3. The number of carbonyl (C=O) groups is 2. The summed E-state index contributed by atoms with van der Waals surface area (Å²) in [7, 11) is 0. The van der Waals surface area contributed by atoms with Gasteiger partial charge in [0.15, 0.2) is 0 Å². The third kappa shape index (κ3) is 6.31. The van der Waals surface area contributed by atoms with E-state index in [1.54, 1.807) is 36.7 Å². The molecule has 0 spiro atoms. The lowest BCUT2D eigenvalue weighted by Crippen LogP contribution is -2.37. The molecule has 25 heavy (non-hydrogen) atoms. The SMILES string of the molecule is O=C(NCCCC[C@@H](CO)NC(=O)c1cccnc1)c1cccnc1. The van der Waals surface area contributed by atoms with E-state index in [9.17, 15) is 14.7 Å². The average molecular weight is 342 g/mol. The van der Waals surface area contributed by atoms with Crippen LogP contribution in [0.5, 0.6) is 0 Å². The van der Waals surface area contributed by atoms with Crippen molar-refractivity contribution in [3.63, 3.8) is 0 Å². The van der Waals surface area contributed by atoms with Gasteiger partial charge in [-0.3, -0.25) is 19.6 Å². The molecule has 0 aromatic carbocycles. The summed E-state index contributed by atoms with van der Waals surface area (Å²) in [4.78, 5) is 31.7. The molecule has 2 aromatic heterocycles. The van der Waals surface area contributed by atoms with Crippen molar-refractivity contribution in [2.45, 2.75) is 25.3 Å². The molecule has 0 fully saturated rings. The van der Waals surface area contributed by atoms with Gasteiger partial charge in [-0.25, -0.2) is 0 Å². The van der Waals surface area contributed by atoms with Crippen LogP contribution >= 0.6 is 0 Å². The molecule has 0 unspecified atom stereocenters. The predicted octanol–water partition coefficient (Wildman–Crippen LogP) is 1.17. The van der Waals surface area contributed by atoms with Crippen LogP contribution in [0.25, 0.3) is 0 Å². The van der Waals surface area contributed by atoms with Crippen LogP contribution in [-0.4, -0.2) is 46.1 Å². The number of unbranched alkanes of at least 4 members (excludes halogenated alkanes) is 1. The van der Waals surface area contributed by atoms with E-state index < -0.39 is 0 Å². The molecule has 2 rings (SSSR count). The summed E-state index contributed by atoms with van der Waals surface area (Å²) >= 11 is 0. The molecular formula is C18H22N4O3. The molecule has 0 bridgehead atoms. The molecule has 2 heterocycles. The van der Waals surface area contributed by atoms with Crippen molar-refractivity contribution in [3.8, 4) is 0 Å². The molecule has 2 amide bonds. The van der Waals surface area contributed by atoms with Crippen molar-refractivity contribution in [1.29, 1.82) is 0 Å². The summed E-state index contributed by atoms with van der Waals surface area (Å²) in [5.41, 5.74) is 0.990. The minimum absolute atomic E-state index is 0.131. The maximum Gasteiger partial charge on any atom is 0.253 e. The Morgan fingerprint density at radius 2 is 1.64 bits per heavy atom. The summed E-state index contributed by atoms with van der Waals surface area (Å²) in [6.07, 6.45) is 8.37. The highest BCUT2D eigenvalue weighted by Crippen LogP contribution is 2.03. The van der Waals surface area contributed by atoms with Gasteiger partial charge < -0.3 is 15.7 Å². The van der Waals surface area contributed by atoms with Crippen molar-refractivity contribution >= 4 is 11.8 Å². The zero-order chi connectivity index (χ0) is 17.9. The lowest BCUT2D eigenvalue weighted by Gasteiger charge is -2.16. The molecular weight excluding hydrogens is 320 g/mol. The average Bonchev–Trinajstić information content (AvgIpc) is 2.67. The van der Waals surface area contributed by atoms with Gasteiger partial charge in [-0.05, 0) is 43.5 Å². The molecule has 7 nitrogen and oxygen atoms in total. The topological polar surface area (TPSA) is 104 Å². The van der Waals surface area contributed by atoms with Crippen molar-refractivity contribution < 1.29 is 14.7 Å². The fraction of sp³-hybridized carbons (Fsp3) is 0.333. The minimum Gasteiger partial charge on any atom is -0.394 e. The summed E-state index contributed by atoms with van der Waals surface area (Å²) in [5.74, 6) is -0.409. The normalized spacial score (nSPS) is 11.6. The Morgan fingerprint density at radius 1 is 1.00 bits per heavy atom. The maximum absolute atomic E-state index is 12.0. The number of nitrogens with zero attached hydrogens (tertiary/aromatic N) is 2. The number of amides is 2. The first-order valence-electron chi connectivity index (χ1n) is 8.20. The fourth-order valence-corrected chi connectivity index (χ4v) is 2.29. The molecule has 0 radical (unpaired) electrons. The summed E-state index contributed by atoms with van der Waals surface area (Å²) in [6, 6.07) is 6.46. The smallest absolute Gasteiger partial charge is 0.253 e. The first kappa shape index (κ1) is 18.5. The van der Waals surface area contributed by atoms with Gasteiger partial charge in [-0.15, -0.1) is 0 Å². The summed E-state index contributed by atoms with van der Waals surface area (Å²) in [5, 5.41) is 15.0. The molecule has 0 saturated heterocycles. The van der Waals surface area contributed by atoms with E-state index >= 15 is 0 Å². The molecule has 2 aromatic rings. The van der Waals surface area contributed by atoms with Gasteiger partial charge >= 0.3 is 0 Å². The standard InChI is InChI=1S/C18H22N4O3/c23-13-16(22-18(25)15-6-4-9-20-12-15)7-1-2-10-21-17(24)14-5-3-8-19-11-14/h3-6,8-9,11-12,16,23H,1-2,7,10,13H2,(H,21,24)(H,22,25)/t16-/m0/s1. The third-order valence-electron chi connectivity index (χ3n) is 3.67. The number of hydrogen-bond acceptors (Lipinski definition) is 5. The van der Waals surface area contributed by atoms with Crippen LogP contribution in [0.1, 0.15) is 40.0 Å². The second kappa shape index (κ2) is 10.1. The lowest BCUT2D eigenvalue weighted by molar-refractivity contribution is 0.0911. The van der Waals surface area contributed by atoms with Crippen LogP contribution in [0.3, 0.4) is 0 Å². The second-order valence-corrected chi connectivity index (χ2v) is 5.59. The van der Waals surface area contributed by atoms with E-state index in [1.165, 1.54) is 12.4 Å². The number of hydrogen-bond donors (Lipinski definition) is 3. The third-order valence-corrected chi connectivity index (χ3v) is 3.67. The van der Waals surface area contributed by atoms with Gasteiger partial charge in [-0.1, -0.05) is 0 Å². The number of rotatable bonds is 9. The predicted molar refractivity (Wildman–Crippen MR) is 93.0 cm³/mol. The largest absolute Gasteiger partial charge is 0.394 e. The zero-order valence-electron chi connectivity index (χ0n) is 13.9. The van der Waals surface area contributed by atoms with Crippen LogP contribution in [0, 0.1) is 0 Å². The Hall–Kier alpha value is -2.80. The van der Waals surface area contributed by atoms with Gasteiger partial charge in [0.25, 0.3) is 11.8 Å². The van der Waals surface area contributed by atoms with Crippen LogP contribution in [0.4, 0.5) is 0 Å². The number of aliphatic hydroxyl groups is 1. The molecule has 7 heteroatoms. The maximum atomic E-state index is 12.0. The zero-order valence-corrected chi connectivity index (χ0v) is 13.9. The first-order valence-corrected chi connectivity index (χ1v) is 8.20. The van der Waals surface area contributed by atoms with E-state index in [0.29, 0.717) is 24.1 Å². The van der Waals surface area contributed by atoms with Crippen LogP contribution in [0.15, 0.2) is 49.1 Å². The van der Waals surface area contributed by atoms with Crippen LogP contribution < -0.4 is 10.6 Å². The molecule has 0 saturated carbocycles. The molecule has 0 aliphatic heterocycles. The van der Waals surface area contributed by atoms with Gasteiger partial charge in [0, 0.05) is 31.3 Å². The van der Waals surface area contributed by atoms with Crippen LogP contribution in [-0.2, 0) is 0 Å². The van der Waals surface area contributed by atoms with E-state index in [-0.39, 0.29) is 24.5 Å². The van der Waals surface area contributed by atoms with Gasteiger partial charge in [0.05, 0.1) is 23.8 Å². The van der Waals surface area contributed by atoms with Crippen molar-refractivity contribution in [2.24, 2.45) is 0 Å². The van der Waals surface area contributed by atoms with E-state index in [4.69, 9.17) is 0 Å². The Labute approximate surface area is 146 Å². The van der Waals surface area contributed by atoms with Crippen molar-refractivity contribution in [1.82, 2.24) is 20.6 Å². The monoisotopic (exact) mass is 342 g/mol. The second-order valence-electron chi connectivity index (χ2n) is 5.59. The Morgan fingerprint density at radius 3 is 2.20 bits per heavy atom. The quantitative estimate of drug-likeness (QED) is 0.593. The number of aromatic nitrogens is 2. The van der Waals surface area contributed by atoms with E-state index in [1.807, 2.05) is 0 Å². The van der Waals surface area contributed by atoms with Gasteiger partial charge in [0.1, 0.15) is 0 Å². The molecule has 0 aliphatic rings. The molecule has 132 valence electrons. The number of pyridine rings is 2. The van der Waals surface area contributed by atoms with E-state index in [2.05, 4.69) is 20.6 Å². The molecule has 0 aliphatic carbocycles. The molecule has 3 N–H and O–H groups in total. The molecule has 1 atom stereocenters. The highest BCUT2D eigenvalue weighted by molar-refractivity contribution is 5.94. The van der Waals surface area contributed by atoms with Gasteiger partial charge in [0.2, 0.25) is 0 Å². The summed E-state index contributed by atoms with van der Waals surface area (Å²) < 4.78 is 0. The minimum atomic E-state index is -0.318. The van der Waals surface area contributed by atoms with E-state index in [0.717, 1.165) is 12.8 Å². The van der Waals surface area contributed by atoms with Gasteiger partial charge in [-0.2, -0.15) is 0 Å². The summed E-state index contributed by atoms with van der Waals surface area (Å²) in [6.45, 7) is 0.399. The highest BCUT2D eigenvalue weighted by Gasteiger charge is 2.13. The lowest BCUT2D eigenvalue weighted by atomic mass is 10.1. The Bertz CT molecular complexity index is 665. The first-order chi connectivity index (χ1) is 12.2. The fourth-order valence-electron chi connectivity index (χ4n) is 2.29. The van der Waals surface area contributed by atoms with Crippen LogP contribution in [0.2, 0.25) is 0 Å². The number of nitrogens with one attached hydrogen (secondary N) is 2. The van der Waals surface area contributed by atoms with Crippen molar-refractivity contribution in [3.05, 3.63) is 60.2 Å². The Kier molecular flexibility index (Phi) is 7.52. The number of aliphatic hydroxyl groups excluding tert-OH is 1. The number of carbonyl (C=O) groups excluding carboxylic acids is 2. The Balaban J connectivity index is 1.66.